The highest BCUT2D eigenvalue weighted by molar-refractivity contribution is 7.15. The number of aromatic nitrogens is 4. The lowest BCUT2D eigenvalue weighted by Crippen LogP contribution is -2.29. The summed E-state index contributed by atoms with van der Waals surface area (Å²) >= 11 is 1.56. The molecule has 1 N–H and O–H groups in total. The maximum atomic E-state index is 12.9. The molecular formula is C22H22N6OS. The van der Waals surface area contributed by atoms with E-state index in [1.165, 1.54) is 10.4 Å². The van der Waals surface area contributed by atoms with Gasteiger partial charge in [0.15, 0.2) is 10.8 Å². The molecule has 3 aromatic heterocycles. The molecule has 0 unspecified atom stereocenters. The van der Waals surface area contributed by atoms with Gasteiger partial charge in [0.05, 0.1) is 22.6 Å². The Bertz CT molecular complexity index is 1230. The molecule has 30 heavy (non-hydrogen) atoms. The normalized spacial score (nSPS) is 14.1. The Morgan fingerprint density at radius 1 is 1.23 bits per heavy atom. The Labute approximate surface area is 178 Å². The van der Waals surface area contributed by atoms with Crippen LogP contribution in [-0.2, 0) is 19.5 Å². The Hall–Kier alpha value is -3.10. The zero-order valence-electron chi connectivity index (χ0n) is 16.9. The maximum absolute atomic E-state index is 12.9. The topological polar surface area (TPSA) is 75.4 Å². The summed E-state index contributed by atoms with van der Waals surface area (Å²) in [5, 5.41) is 8.02. The number of nitrogens with one attached hydrogen (secondary N) is 1. The van der Waals surface area contributed by atoms with Crippen molar-refractivity contribution >= 4 is 28.0 Å². The fourth-order valence-corrected chi connectivity index (χ4v) is 4.87. The van der Waals surface area contributed by atoms with Gasteiger partial charge in [-0.05, 0) is 19.4 Å². The molecule has 1 aliphatic heterocycles. The molecule has 1 aliphatic rings. The standard InChI is InChI=1S/C22H22N6OS/c1-14-10-20-23-11-17(15(2)28(20)26-14)21(29)25-22-24-18-8-9-27(13-19(18)30-22)12-16-6-4-3-5-7-16/h3-7,10-11H,8-9,12-13H2,1-2H3,(H,24,25,29). The third kappa shape index (κ3) is 3.59. The van der Waals surface area contributed by atoms with Crippen molar-refractivity contribution < 1.29 is 4.79 Å². The molecule has 0 atom stereocenters. The maximum Gasteiger partial charge on any atom is 0.260 e. The van der Waals surface area contributed by atoms with E-state index >= 15 is 0 Å². The van der Waals surface area contributed by atoms with Crippen molar-refractivity contribution in [3.8, 4) is 0 Å². The lowest BCUT2D eigenvalue weighted by Gasteiger charge is -2.25. The highest BCUT2D eigenvalue weighted by atomic mass is 32.1. The number of carbonyl (C=O) groups is 1. The van der Waals surface area contributed by atoms with Crippen LogP contribution in [0, 0.1) is 13.8 Å². The summed E-state index contributed by atoms with van der Waals surface area (Å²) in [4.78, 5) is 25.5. The van der Waals surface area contributed by atoms with Crippen LogP contribution in [0.5, 0.6) is 0 Å². The van der Waals surface area contributed by atoms with Crippen molar-refractivity contribution in [2.45, 2.75) is 33.4 Å². The van der Waals surface area contributed by atoms with Crippen molar-refractivity contribution in [3.05, 3.63) is 75.7 Å². The van der Waals surface area contributed by atoms with E-state index in [1.54, 1.807) is 22.0 Å². The van der Waals surface area contributed by atoms with Crippen molar-refractivity contribution in [2.24, 2.45) is 0 Å². The van der Waals surface area contributed by atoms with Gasteiger partial charge < -0.3 is 0 Å². The van der Waals surface area contributed by atoms with Crippen LogP contribution >= 0.6 is 11.3 Å². The molecule has 0 spiro atoms. The van der Waals surface area contributed by atoms with Crippen LogP contribution in [-0.4, -0.2) is 36.9 Å². The van der Waals surface area contributed by atoms with Crippen LogP contribution in [0.2, 0.25) is 0 Å². The number of hydrogen-bond acceptors (Lipinski definition) is 6. The zero-order valence-corrected chi connectivity index (χ0v) is 17.7. The molecule has 1 aromatic carbocycles. The number of nitrogens with zero attached hydrogens (tertiary/aromatic N) is 5. The van der Waals surface area contributed by atoms with Crippen molar-refractivity contribution in [1.82, 2.24) is 24.5 Å². The Morgan fingerprint density at radius 2 is 2.07 bits per heavy atom. The number of amides is 1. The molecule has 152 valence electrons. The largest absolute Gasteiger partial charge is 0.298 e. The van der Waals surface area contributed by atoms with Crippen molar-refractivity contribution in [3.63, 3.8) is 0 Å². The summed E-state index contributed by atoms with van der Waals surface area (Å²) in [6.07, 6.45) is 2.50. The number of anilines is 1. The van der Waals surface area contributed by atoms with Crippen LogP contribution in [0.15, 0.2) is 42.6 Å². The van der Waals surface area contributed by atoms with E-state index in [2.05, 4.69) is 49.5 Å². The molecule has 0 bridgehead atoms. The number of fused-ring (bicyclic) bond motifs is 2. The lowest BCUT2D eigenvalue weighted by atomic mass is 10.1. The first kappa shape index (κ1) is 18.9. The first-order chi connectivity index (χ1) is 14.6. The number of thiazole rings is 1. The van der Waals surface area contributed by atoms with Crippen LogP contribution in [0.1, 0.15) is 37.9 Å². The second-order valence-corrected chi connectivity index (χ2v) is 8.69. The fraction of sp³-hybridized carbons (Fsp3) is 0.273. The van der Waals surface area contributed by atoms with Gasteiger partial charge in [-0.25, -0.2) is 14.5 Å². The van der Waals surface area contributed by atoms with Crippen LogP contribution < -0.4 is 5.32 Å². The van der Waals surface area contributed by atoms with Crippen LogP contribution in [0.25, 0.3) is 5.65 Å². The van der Waals surface area contributed by atoms with Crippen LogP contribution in [0.3, 0.4) is 0 Å². The molecule has 7 nitrogen and oxygen atoms in total. The third-order valence-electron chi connectivity index (χ3n) is 5.37. The van der Waals surface area contributed by atoms with Gasteiger partial charge in [-0.2, -0.15) is 5.10 Å². The highest BCUT2D eigenvalue weighted by Crippen LogP contribution is 2.29. The van der Waals surface area contributed by atoms with E-state index in [-0.39, 0.29) is 5.91 Å². The Kier molecular flexibility index (Phi) is 4.80. The van der Waals surface area contributed by atoms with E-state index in [1.807, 2.05) is 26.0 Å². The summed E-state index contributed by atoms with van der Waals surface area (Å²) < 4.78 is 1.71. The molecule has 0 saturated carbocycles. The van der Waals surface area contributed by atoms with E-state index in [0.29, 0.717) is 10.7 Å². The van der Waals surface area contributed by atoms with Gasteiger partial charge in [-0.15, -0.1) is 11.3 Å². The SMILES string of the molecule is Cc1cc2ncc(C(=O)Nc3nc4c(s3)CN(Cc3ccccc3)CC4)c(C)n2n1. The van der Waals surface area contributed by atoms with Gasteiger partial charge in [-0.1, -0.05) is 30.3 Å². The Balaban J connectivity index is 1.31. The van der Waals surface area contributed by atoms with Crippen molar-refractivity contribution in [1.29, 1.82) is 0 Å². The zero-order chi connectivity index (χ0) is 20.7. The molecule has 0 radical (unpaired) electrons. The van der Waals surface area contributed by atoms with Gasteiger partial charge in [0.25, 0.3) is 5.91 Å². The van der Waals surface area contributed by atoms with Crippen LogP contribution in [0.4, 0.5) is 5.13 Å². The second kappa shape index (κ2) is 7.62. The highest BCUT2D eigenvalue weighted by Gasteiger charge is 2.22. The van der Waals surface area contributed by atoms with E-state index in [4.69, 9.17) is 0 Å². The van der Waals surface area contributed by atoms with Gasteiger partial charge in [0.1, 0.15) is 0 Å². The number of aryl methyl sites for hydroxylation is 2. The summed E-state index contributed by atoms with van der Waals surface area (Å²) in [5.41, 5.74) is 5.28. The molecule has 0 fully saturated rings. The third-order valence-corrected chi connectivity index (χ3v) is 6.37. The molecular weight excluding hydrogens is 396 g/mol. The van der Waals surface area contributed by atoms with Gasteiger partial charge >= 0.3 is 0 Å². The summed E-state index contributed by atoms with van der Waals surface area (Å²) in [6, 6.07) is 12.4. The van der Waals surface area contributed by atoms with E-state index in [0.717, 1.165) is 48.8 Å². The predicted octanol–water partition coefficient (Wildman–Crippen LogP) is 3.61. The second-order valence-electron chi connectivity index (χ2n) is 7.60. The smallest absolute Gasteiger partial charge is 0.260 e. The average molecular weight is 419 g/mol. The number of rotatable bonds is 4. The summed E-state index contributed by atoms with van der Waals surface area (Å²) in [5.74, 6) is -0.206. The van der Waals surface area contributed by atoms with Gasteiger partial charge in [-0.3, -0.25) is 15.0 Å². The average Bonchev–Trinajstić information content (AvgIpc) is 3.31. The van der Waals surface area contributed by atoms with Gasteiger partial charge in [0.2, 0.25) is 0 Å². The minimum atomic E-state index is -0.206. The van der Waals surface area contributed by atoms with E-state index in [9.17, 15) is 4.79 Å². The molecule has 5 rings (SSSR count). The molecule has 8 heteroatoms. The molecule has 0 saturated heterocycles. The molecule has 4 aromatic rings. The minimum Gasteiger partial charge on any atom is -0.298 e. The van der Waals surface area contributed by atoms with Crippen molar-refractivity contribution in [2.75, 3.05) is 11.9 Å². The van der Waals surface area contributed by atoms with Gasteiger partial charge in [0, 0.05) is 43.2 Å². The summed E-state index contributed by atoms with van der Waals surface area (Å²) in [6.45, 7) is 6.54. The molecule has 1 amide bonds. The monoisotopic (exact) mass is 418 g/mol. The number of hydrogen-bond donors (Lipinski definition) is 1. The number of carbonyl (C=O) groups excluding carboxylic acids is 1. The first-order valence-corrected chi connectivity index (χ1v) is 10.8. The summed E-state index contributed by atoms with van der Waals surface area (Å²) in [7, 11) is 0. The quantitative estimate of drug-likeness (QED) is 0.548. The molecule has 4 heterocycles. The van der Waals surface area contributed by atoms with E-state index < -0.39 is 0 Å². The first-order valence-electron chi connectivity index (χ1n) is 9.95. The molecule has 0 aliphatic carbocycles. The fourth-order valence-electron chi connectivity index (χ4n) is 3.83. The predicted molar refractivity (Wildman–Crippen MR) is 117 cm³/mol. The Morgan fingerprint density at radius 3 is 2.90 bits per heavy atom. The number of benzene rings is 1. The lowest BCUT2D eigenvalue weighted by molar-refractivity contribution is 0.102. The minimum absolute atomic E-state index is 0.206.